The van der Waals surface area contributed by atoms with Crippen LogP contribution < -0.4 is 5.32 Å². The lowest BCUT2D eigenvalue weighted by molar-refractivity contribution is 0.412. The summed E-state index contributed by atoms with van der Waals surface area (Å²) in [6.45, 7) is 1.02. The van der Waals surface area contributed by atoms with Crippen molar-refractivity contribution in [3.8, 4) is 11.5 Å². The molecule has 4 rings (SSSR count). The Bertz CT molecular complexity index is 710. The number of hydrogen-bond donors (Lipinski definition) is 1. The van der Waals surface area contributed by atoms with Gasteiger partial charge in [0, 0.05) is 5.39 Å². The molecular weight excluding hydrogens is 242 g/mol. The maximum atomic E-state index is 5.49. The second kappa shape index (κ2) is 4.20. The highest BCUT2D eigenvalue weighted by Crippen LogP contribution is 2.30. The Morgan fingerprint density at radius 2 is 2.21 bits per heavy atom. The molecule has 1 aliphatic rings. The molecule has 5 nitrogen and oxygen atoms in total. The van der Waals surface area contributed by atoms with E-state index >= 15 is 0 Å². The van der Waals surface area contributed by atoms with Crippen molar-refractivity contribution in [1.82, 2.24) is 15.5 Å². The molecule has 0 bridgehead atoms. The molecule has 5 heteroatoms. The Balaban J connectivity index is 1.76. The number of furan rings is 1. The molecule has 96 valence electrons. The number of aromatic nitrogens is 2. The predicted molar refractivity (Wildman–Crippen MR) is 69.5 cm³/mol. The Hall–Kier alpha value is -2.14. The summed E-state index contributed by atoms with van der Waals surface area (Å²) in [4.78, 5) is 4.48. The third kappa shape index (κ3) is 1.74. The molecule has 0 radical (unpaired) electrons. The van der Waals surface area contributed by atoms with Crippen molar-refractivity contribution < 1.29 is 8.94 Å². The summed E-state index contributed by atoms with van der Waals surface area (Å²) >= 11 is 0. The van der Waals surface area contributed by atoms with Crippen molar-refractivity contribution in [1.29, 1.82) is 0 Å². The van der Waals surface area contributed by atoms with Crippen LogP contribution in [0.2, 0.25) is 0 Å². The summed E-state index contributed by atoms with van der Waals surface area (Å²) in [6, 6.07) is 8.05. The Labute approximate surface area is 109 Å². The van der Waals surface area contributed by atoms with Gasteiger partial charge in [0.05, 0.1) is 11.6 Å². The van der Waals surface area contributed by atoms with Gasteiger partial charge in [-0.3, -0.25) is 0 Å². The van der Waals surface area contributed by atoms with Crippen molar-refractivity contribution in [3.05, 3.63) is 36.4 Å². The zero-order valence-electron chi connectivity index (χ0n) is 10.3. The molecule has 1 N–H and O–H groups in total. The fourth-order valence-corrected chi connectivity index (χ4v) is 2.53. The first kappa shape index (κ1) is 10.8. The summed E-state index contributed by atoms with van der Waals surface area (Å²) in [7, 11) is 0. The number of fused-ring (bicyclic) bond motifs is 1. The molecule has 3 aromatic rings. The van der Waals surface area contributed by atoms with Gasteiger partial charge in [0.1, 0.15) is 11.8 Å². The average molecular weight is 255 g/mol. The molecule has 0 amide bonds. The summed E-state index contributed by atoms with van der Waals surface area (Å²) in [5.74, 6) is 1.26. The quantitative estimate of drug-likeness (QED) is 0.762. The van der Waals surface area contributed by atoms with E-state index in [4.69, 9.17) is 8.94 Å². The van der Waals surface area contributed by atoms with Gasteiger partial charge in [-0.15, -0.1) is 0 Å². The number of rotatable bonds is 2. The summed E-state index contributed by atoms with van der Waals surface area (Å²) in [5, 5.41) is 8.43. The number of hydrogen-bond acceptors (Lipinski definition) is 5. The highest BCUT2D eigenvalue weighted by atomic mass is 16.5. The van der Waals surface area contributed by atoms with Gasteiger partial charge >= 0.3 is 0 Å². The Morgan fingerprint density at radius 3 is 3.11 bits per heavy atom. The summed E-state index contributed by atoms with van der Waals surface area (Å²) in [6.07, 6.45) is 3.89. The van der Waals surface area contributed by atoms with Gasteiger partial charge in [0.2, 0.25) is 0 Å². The molecule has 3 heterocycles. The van der Waals surface area contributed by atoms with E-state index in [-0.39, 0.29) is 6.04 Å². The van der Waals surface area contributed by atoms with Crippen molar-refractivity contribution in [2.45, 2.75) is 18.9 Å². The van der Waals surface area contributed by atoms with E-state index in [9.17, 15) is 0 Å². The van der Waals surface area contributed by atoms with Crippen LogP contribution in [0.25, 0.3) is 22.4 Å². The van der Waals surface area contributed by atoms with Crippen LogP contribution >= 0.6 is 0 Å². The van der Waals surface area contributed by atoms with E-state index < -0.39 is 0 Å². The fourth-order valence-electron chi connectivity index (χ4n) is 2.53. The lowest BCUT2D eigenvalue weighted by atomic mass is 10.2. The summed E-state index contributed by atoms with van der Waals surface area (Å²) < 4.78 is 10.9. The zero-order valence-corrected chi connectivity index (χ0v) is 10.3. The van der Waals surface area contributed by atoms with E-state index in [0.29, 0.717) is 5.89 Å². The first-order valence-electron chi connectivity index (χ1n) is 6.45. The number of benzene rings is 1. The van der Waals surface area contributed by atoms with E-state index in [1.807, 2.05) is 24.3 Å². The van der Waals surface area contributed by atoms with Gasteiger partial charge < -0.3 is 14.3 Å². The zero-order chi connectivity index (χ0) is 12.7. The molecule has 0 aliphatic carbocycles. The Morgan fingerprint density at radius 1 is 1.26 bits per heavy atom. The summed E-state index contributed by atoms with van der Waals surface area (Å²) in [5.41, 5.74) is 1.68. The molecule has 1 saturated heterocycles. The topological polar surface area (TPSA) is 64.1 Å². The van der Waals surface area contributed by atoms with E-state index in [1.165, 1.54) is 0 Å². The maximum absolute atomic E-state index is 5.49. The van der Waals surface area contributed by atoms with Gasteiger partial charge in [0.15, 0.2) is 5.82 Å². The molecule has 19 heavy (non-hydrogen) atoms. The van der Waals surface area contributed by atoms with Crippen molar-refractivity contribution in [2.75, 3.05) is 6.54 Å². The molecule has 1 unspecified atom stereocenters. The molecule has 1 aromatic carbocycles. The van der Waals surface area contributed by atoms with E-state index in [2.05, 4.69) is 15.5 Å². The molecule has 0 spiro atoms. The molecule has 1 atom stereocenters. The second-order valence-electron chi connectivity index (χ2n) is 4.75. The molecule has 1 fully saturated rings. The highest BCUT2D eigenvalue weighted by Gasteiger charge is 2.23. The van der Waals surface area contributed by atoms with Gasteiger partial charge in [-0.05, 0) is 25.5 Å². The van der Waals surface area contributed by atoms with Crippen LogP contribution in [0.1, 0.15) is 24.7 Å². The van der Waals surface area contributed by atoms with Crippen molar-refractivity contribution in [3.63, 3.8) is 0 Å². The van der Waals surface area contributed by atoms with Gasteiger partial charge in [0.25, 0.3) is 5.89 Å². The van der Waals surface area contributed by atoms with Crippen LogP contribution in [0.5, 0.6) is 0 Å². The Kier molecular flexibility index (Phi) is 2.38. The van der Waals surface area contributed by atoms with E-state index in [1.54, 1.807) is 6.26 Å². The smallest absolute Gasteiger partial charge is 0.261 e. The van der Waals surface area contributed by atoms with E-state index in [0.717, 1.165) is 41.7 Å². The molecular formula is C14H13N3O2. The minimum absolute atomic E-state index is 0.218. The highest BCUT2D eigenvalue weighted by molar-refractivity contribution is 5.91. The molecule has 2 aromatic heterocycles. The lowest BCUT2D eigenvalue weighted by Gasteiger charge is -2.01. The number of nitrogens with zero attached hydrogens (tertiary/aromatic N) is 2. The first-order valence-corrected chi connectivity index (χ1v) is 6.45. The van der Waals surface area contributed by atoms with Crippen LogP contribution in [0.15, 0.2) is 39.5 Å². The standard InChI is InChI=1S/C14H13N3O2/c1-2-6-12-9(4-1)10(8-18-12)14-16-13(17-19-14)11-5-3-7-15-11/h1-2,4,6,8,11,15H,3,5,7H2. The van der Waals surface area contributed by atoms with Crippen LogP contribution in [0.4, 0.5) is 0 Å². The van der Waals surface area contributed by atoms with Gasteiger partial charge in [-0.2, -0.15) is 4.98 Å². The lowest BCUT2D eigenvalue weighted by Crippen LogP contribution is -2.14. The third-order valence-corrected chi connectivity index (χ3v) is 3.53. The number of para-hydroxylation sites is 1. The second-order valence-corrected chi connectivity index (χ2v) is 4.75. The minimum atomic E-state index is 0.218. The van der Waals surface area contributed by atoms with Crippen molar-refractivity contribution in [2.24, 2.45) is 0 Å². The van der Waals surface area contributed by atoms with Crippen LogP contribution in [0, 0.1) is 0 Å². The third-order valence-electron chi connectivity index (χ3n) is 3.53. The normalized spacial score (nSPS) is 19.3. The largest absolute Gasteiger partial charge is 0.463 e. The molecule has 0 saturated carbocycles. The van der Waals surface area contributed by atoms with Crippen LogP contribution in [-0.2, 0) is 0 Å². The number of nitrogens with one attached hydrogen (secondary N) is 1. The first-order chi connectivity index (χ1) is 9.42. The maximum Gasteiger partial charge on any atom is 0.261 e. The average Bonchev–Trinajstić information content (AvgIpc) is 3.18. The SMILES string of the molecule is c1ccc2c(-c3nc(C4CCCN4)no3)coc2c1. The fraction of sp³-hybridized carbons (Fsp3) is 0.286. The van der Waals surface area contributed by atoms with Gasteiger partial charge in [-0.1, -0.05) is 23.4 Å². The van der Waals surface area contributed by atoms with Crippen LogP contribution in [-0.4, -0.2) is 16.7 Å². The van der Waals surface area contributed by atoms with Crippen LogP contribution in [0.3, 0.4) is 0 Å². The molecule has 1 aliphatic heterocycles. The predicted octanol–water partition coefficient (Wildman–Crippen LogP) is 2.91. The monoisotopic (exact) mass is 255 g/mol. The van der Waals surface area contributed by atoms with Crippen molar-refractivity contribution >= 4 is 11.0 Å². The van der Waals surface area contributed by atoms with Gasteiger partial charge in [-0.25, -0.2) is 0 Å². The minimum Gasteiger partial charge on any atom is -0.463 e.